The molecule has 11 aromatic rings. The van der Waals surface area contributed by atoms with Crippen LogP contribution >= 0.6 is 12.8 Å². The summed E-state index contributed by atoms with van der Waals surface area (Å²) in [6.45, 7) is 0. The van der Waals surface area contributed by atoms with Gasteiger partial charge in [0.25, 0.3) is 0 Å². The first-order valence-electron chi connectivity index (χ1n) is 21.1. The topological polar surface area (TPSA) is 77.0 Å². The molecule has 1 unspecified atom stereocenters. The SMILES string of the molecule is NC1/C(=N\S)C=Cc2c(-c3ccc(-c4cccc(-c5cc(-c6cc7ccccc7c7ccccc67)nc(-c6cc7ccccc7c7ccccc67)n5)c4)cc3)nc3ccccc3c21. The van der Waals surface area contributed by atoms with Gasteiger partial charge in [-0.2, -0.15) is 0 Å². The normalized spacial score (nSPS) is 14.3. The van der Waals surface area contributed by atoms with Gasteiger partial charge in [0.2, 0.25) is 0 Å². The van der Waals surface area contributed by atoms with E-state index in [-0.39, 0.29) is 0 Å². The van der Waals surface area contributed by atoms with Gasteiger partial charge in [0.05, 0.1) is 34.4 Å². The van der Waals surface area contributed by atoms with Crippen molar-refractivity contribution < 1.29 is 0 Å². The maximum atomic E-state index is 6.79. The first kappa shape index (κ1) is 37.0. The molecule has 2 aromatic heterocycles. The van der Waals surface area contributed by atoms with Gasteiger partial charge in [-0.1, -0.05) is 164 Å². The zero-order valence-corrected chi connectivity index (χ0v) is 34.8. The van der Waals surface area contributed by atoms with Gasteiger partial charge in [-0.3, -0.25) is 0 Å². The van der Waals surface area contributed by atoms with Crippen molar-refractivity contribution in [2.45, 2.75) is 6.04 Å². The van der Waals surface area contributed by atoms with E-state index in [2.05, 4.69) is 193 Å². The highest BCUT2D eigenvalue weighted by molar-refractivity contribution is 7.79. The van der Waals surface area contributed by atoms with Crippen LogP contribution in [0.2, 0.25) is 0 Å². The highest BCUT2D eigenvalue weighted by Gasteiger charge is 2.25. The zero-order chi connectivity index (χ0) is 42.0. The van der Waals surface area contributed by atoms with Gasteiger partial charge in [-0.25, -0.2) is 19.3 Å². The van der Waals surface area contributed by atoms with Crippen LogP contribution in [-0.4, -0.2) is 20.7 Å². The molecule has 0 bridgehead atoms. The number of rotatable bonds is 5. The maximum absolute atomic E-state index is 6.79. The Morgan fingerprint density at radius 1 is 0.429 bits per heavy atom. The number of para-hydroxylation sites is 1. The largest absolute Gasteiger partial charge is 0.319 e. The molecule has 1 atom stereocenters. The molecule has 0 amide bonds. The van der Waals surface area contributed by atoms with E-state index >= 15 is 0 Å². The number of pyridine rings is 1. The molecule has 2 N–H and O–H groups in total. The molecule has 12 rings (SSSR count). The molecule has 9 aromatic carbocycles. The summed E-state index contributed by atoms with van der Waals surface area (Å²) < 4.78 is 4.17. The smallest absolute Gasteiger partial charge is 0.161 e. The molecule has 1 aliphatic rings. The van der Waals surface area contributed by atoms with Gasteiger partial charge < -0.3 is 5.73 Å². The number of hydrogen-bond acceptors (Lipinski definition) is 6. The Labute approximate surface area is 369 Å². The monoisotopic (exact) mass is 823 g/mol. The maximum Gasteiger partial charge on any atom is 0.161 e. The van der Waals surface area contributed by atoms with E-state index in [4.69, 9.17) is 20.7 Å². The van der Waals surface area contributed by atoms with Gasteiger partial charge in [0, 0.05) is 33.2 Å². The van der Waals surface area contributed by atoms with Crippen molar-refractivity contribution in [3.05, 3.63) is 205 Å². The fourth-order valence-corrected chi connectivity index (χ4v) is 9.72. The lowest BCUT2D eigenvalue weighted by Crippen LogP contribution is -2.24. The molecule has 0 fully saturated rings. The Morgan fingerprint density at radius 3 is 1.68 bits per heavy atom. The van der Waals surface area contributed by atoms with Crippen molar-refractivity contribution in [3.63, 3.8) is 0 Å². The fraction of sp³-hybridized carbons (Fsp3) is 0.0175. The van der Waals surface area contributed by atoms with Gasteiger partial charge in [-0.05, 0) is 109 Å². The fourth-order valence-electron chi connectivity index (χ4n) is 9.53. The number of fused-ring (bicyclic) bond motifs is 9. The van der Waals surface area contributed by atoms with E-state index in [1.54, 1.807) is 0 Å². The number of benzene rings is 9. The third-order valence-corrected chi connectivity index (χ3v) is 12.8. The van der Waals surface area contributed by atoms with Crippen molar-refractivity contribution in [2.24, 2.45) is 10.1 Å². The highest BCUT2D eigenvalue weighted by atomic mass is 32.1. The van der Waals surface area contributed by atoms with Gasteiger partial charge in [0.1, 0.15) is 0 Å². The number of nitrogens with two attached hydrogens (primary N) is 1. The first-order chi connectivity index (χ1) is 31.1. The Kier molecular flexibility index (Phi) is 8.81. The second kappa shape index (κ2) is 15.0. The van der Waals surface area contributed by atoms with Crippen molar-refractivity contribution in [1.82, 2.24) is 15.0 Å². The van der Waals surface area contributed by atoms with Crippen molar-refractivity contribution in [3.8, 4) is 56.3 Å². The predicted octanol–water partition coefficient (Wildman–Crippen LogP) is 14.3. The van der Waals surface area contributed by atoms with E-state index in [0.717, 1.165) is 94.4 Å². The van der Waals surface area contributed by atoms with Crippen LogP contribution in [0, 0.1) is 0 Å². The minimum atomic E-state index is -0.404. The summed E-state index contributed by atoms with van der Waals surface area (Å²) >= 11 is 4.21. The van der Waals surface area contributed by atoms with Crippen LogP contribution in [0.1, 0.15) is 17.2 Å². The van der Waals surface area contributed by atoms with E-state index in [0.29, 0.717) is 5.82 Å². The van der Waals surface area contributed by atoms with Crippen LogP contribution in [0.25, 0.3) is 116 Å². The average molecular weight is 824 g/mol. The number of hydrogen-bond donors (Lipinski definition) is 2. The molecule has 5 nitrogen and oxygen atoms in total. The quantitative estimate of drug-likeness (QED) is 0.134. The Morgan fingerprint density at radius 2 is 0.984 bits per heavy atom. The highest BCUT2D eigenvalue weighted by Crippen LogP contribution is 2.41. The van der Waals surface area contributed by atoms with Gasteiger partial charge >= 0.3 is 0 Å². The summed E-state index contributed by atoms with van der Waals surface area (Å²) in [4.78, 5) is 16.0. The lowest BCUT2D eigenvalue weighted by atomic mass is 9.86. The minimum Gasteiger partial charge on any atom is -0.319 e. The Bertz CT molecular complexity index is 3580. The minimum absolute atomic E-state index is 0.404. The second-order valence-electron chi connectivity index (χ2n) is 16.1. The van der Waals surface area contributed by atoms with Crippen molar-refractivity contribution in [1.29, 1.82) is 0 Å². The first-order valence-corrected chi connectivity index (χ1v) is 21.5. The van der Waals surface area contributed by atoms with Crippen molar-refractivity contribution >= 4 is 78.6 Å². The summed E-state index contributed by atoms with van der Waals surface area (Å²) in [5.41, 5.74) is 19.3. The number of thiol groups is 1. The van der Waals surface area contributed by atoms with E-state index in [1.807, 2.05) is 24.3 Å². The molecule has 0 saturated heterocycles. The van der Waals surface area contributed by atoms with Crippen LogP contribution in [-0.2, 0) is 0 Å². The molecule has 1 aliphatic carbocycles. The predicted molar refractivity (Wildman–Crippen MR) is 267 cm³/mol. The number of aromatic nitrogens is 3. The summed E-state index contributed by atoms with van der Waals surface area (Å²) in [6, 6.07) is 66.1. The van der Waals surface area contributed by atoms with Crippen LogP contribution in [0.4, 0.5) is 0 Å². The standard InChI is InChI=1S/C57H37N5S/c58-55-51(62-63)29-28-47-54(55)46-22-9-10-23-50(46)59-56(47)35-26-24-34(25-27-35)36-14-11-15-39(30-36)52-33-53(48-31-37-12-1-3-16-40(37)42-18-5-7-20-44(42)48)61-57(60-52)49-32-38-13-2-4-17-41(38)43-19-6-8-21-45(43)49/h1-33,55,63H,58H2/b62-51-. The Hall–Kier alpha value is -7.77. The van der Waals surface area contributed by atoms with E-state index in [9.17, 15) is 0 Å². The molecule has 6 heteroatoms. The third kappa shape index (κ3) is 6.22. The van der Waals surface area contributed by atoms with Gasteiger partial charge in [0.15, 0.2) is 5.82 Å². The summed E-state index contributed by atoms with van der Waals surface area (Å²) in [7, 11) is 0. The zero-order valence-electron chi connectivity index (χ0n) is 33.9. The van der Waals surface area contributed by atoms with Crippen LogP contribution in [0.5, 0.6) is 0 Å². The molecular weight excluding hydrogens is 787 g/mol. The van der Waals surface area contributed by atoms with Crippen LogP contribution in [0.15, 0.2) is 199 Å². The molecule has 0 radical (unpaired) electrons. The molecular formula is C57H37N5S. The van der Waals surface area contributed by atoms with Crippen molar-refractivity contribution in [2.75, 3.05) is 0 Å². The molecule has 63 heavy (non-hydrogen) atoms. The summed E-state index contributed by atoms with van der Waals surface area (Å²) in [5, 5.41) is 10.4. The lowest BCUT2D eigenvalue weighted by molar-refractivity contribution is 0.968. The van der Waals surface area contributed by atoms with Crippen LogP contribution < -0.4 is 5.73 Å². The molecule has 296 valence electrons. The lowest BCUT2D eigenvalue weighted by Gasteiger charge is -2.23. The van der Waals surface area contributed by atoms with Gasteiger partial charge in [-0.15, -0.1) is 0 Å². The van der Waals surface area contributed by atoms with Crippen LogP contribution in [0.3, 0.4) is 0 Å². The van der Waals surface area contributed by atoms with E-state index < -0.39 is 6.04 Å². The van der Waals surface area contributed by atoms with E-state index in [1.165, 1.54) is 26.9 Å². The molecule has 0 spiro atoms. The third-order valence-electron chi connectivity index (χ3n) is 12.6. The summed E-state index contributed by atoms with van der Waals surface area (Å²) in [6.07, 6.45) is 4.00. The molecule has 0 saturated carbocycles. The Balaban J connectivity index is 1.01. The molecule has 2 heterocycles. The second-order valence-corrected chi connectivity index (χ2v) is 16.3. The number of nitrogens with zero attached hydrogens (tertiary/aromatic N) is 4. The summed E-state index contributed by atoms with van der Waals surface area (Å²) in [5.74, 6) is 0.684. The molecule has 0 aliphatic heterocycles. The average Bonchev–Trinajstić information content (AvgIpc) is 3.35.